The Morgan fingerprint density at radius 2 is 1.56 bits per heavy atom. The molecule has 90 valence electrons. The van der Waals surface area contributed by atoms with Gasteiger partial charge in [0.05, 0.1) is 6.10 Å². The first-order valence-electron chi connectivity index (χ1n) is 6.23. The maximum Gasteiger partial charge on any atom is 0.120 e. The van der Waals surface area contributed by atoms with Crippen LogP contribution >= 0.6 is 0 Å². The molecule has 0 N–H and O–H groups in total. The Bertz CT molecular complexity index is 329. The SMILES string of the molecule is CCC(C)c1c(C)cc(OC(C)C)cc1C. The van der Waals surface area contributed by atoms with Crippen LogP contribution in [-0.2, 0) is 0 Å². The predicted molar refractivity (Wildman–Crippen MR) is 70.4 cm³/mol. The third-order valence-electron chi connectivity index (χ3n) is 3.04. The molecule has 0 aliphatic carbocycles. The normalized spacial score (nSPS) is 12.9. The van der Waals surface area contributed by atoms with Gasteiger partial charge in [0, 0.05) is 0 Å². The van der Waals surface area contributed by atoms with Gasteiger partial charge in [-0.1, -0.05) is 13.8 Å². The molecule has 0 saturated carbocycles. The van der Waals surface area contributed by atoms with Gasteiger partial charge in [0.15, 0.2) is 0 Å². The lowest BCUT2D eigenvalue weighted by atomic mass is 9.90. The zero-order valence-electron chi connectivity index (χ0n) is 11.4. The highest BCUT2D eigenvalue weighted by Crippen LogP contribution is 2.30. The van der Waals surface area contributed by atoms with Crippen LogP contribution in [0.2, 0.25) is 0 Å². The van der Waals surface area contributed by atoms with Crippen LogP contribution < -0.4 is 4.74 Å². The summed E-state index contributed by atoms with van der Waals surface area (Å²) in [6.07, 6.45) is 1.43. The highest BCUT2D eigenvalue weighted by atomic mass is 16.5. The second-order valence-electron chi connectivity index (χ2n) is 4.95. The van der Waals surface area contributed by atoms with Crippen LogP contribution in [0.1, 0.15) is 56.7 Å². The zero-order valence-corrected chi connectivity index (χ0v) is 11.4. The standard InChI is InChI=1S/C15H24O/c1-7-11(4)15-12(5)8-14(9-13(15)6)16-10(2)3/h8-11H,7H2,1-6H3. The van der Waals surface area contributed by atoms with Crippen molar-refractivity contribution in [2.45, 2.75) is 60.0 Å². The average molecular weight is 220 g/mol. The number of rotatable bonds is 4. The Kier molecular flexibility index (Phi) is 4.40. The molecule has 1 aromatic rings. The van der Waals surface area contributed by atoms with Crippen molar-refractivity contribution in [3.8, 4) is 5.75 Å². The van der Waals surface area contributed by atoms with Crippen molar-refractivity contribution in [1.29, 1.82) is 0 Å². The number of benzene rings is 1. The molecular formula is C15H24O. The summed E-state index contributed by atoms with van der Waals surface area (Å²) in [5.74, 6) is 1.63. The fourth-order valence-corrected chi connectivity index (χ4v) is 2.26. The molecule has 1 aromatic carbocycles. The lowest BCUT2D eigenvalue weighted by Gasteiger charge is -2.19. The molecule has 1 nitrogen and oxygen atoms in total. The minimum atomic E-state index is 0.244. The summed E-state index contributed by atoms with van der Waals surface area (Å²) in [5, 5.41) is 0. The number of hydrogen-bond donors (Lipinski definition) is 0. The van der Waals surface area contributed by atoms with E-state index in [0.29, 0.717) is 5.92 Å². The van der Waals surface area contributed by atoms with E-state index in [9.17, 15) is 0 Å². The molecular weight excluding hydrogens is 196 g/mol. The quantitative estimate of drug-likeness (QED) is 0.720. The van der Waals surface area contributed by atoms with Gasteiger partial charge in [-0.15, -0.1) is 0 Å². The molecule has 1 unspecified atom stereocenters. The summed E-state index contributed by atoms with van der Waals surface area (Å²) >= 11 is 0. The summed E-state index contributed by atoms with van der Waals surface area (Å²) in [6.45, 7) is 13.0. The molecule has 16 heavy (non-hydrogen) atoms. The summed E-state index contributed by atoms with van der Waals surface area (Å²) in [4.78, 5) is 0. The van der Waals surface area contributed by atoms with Gasteiger partial charge in [0.1, 0.15) is 5.75 Å². The van der Waals surface area contributed by atoms with E-state index in [1.165, 1.54) is 23.1 Å². The first-order chi connectivity index (χ1) is 7.45. The van der Waals surface area contributed by atoms with E-state index in [4.69, 9.17) is 4.74 Å². The van der Waals surface area contributed by atoms with Crippen LogP contribution in [0, 0.1) is 13.8 Å². The van der Waals surface area contributed by atoms with Gasteiger partial charge < -0.3 is 4.74 Å². The van der Waals surface area contributed by atoms with Crippen LogP contribution in [0.4, 0.5) is 0 Å². The van der Waals surface area contributed by atoms with Crippen molar-refractivity contribution in [2.75, 3.05) is 0 Å². The van der Waals surface area contributed by atoms with E-state index in [1.54, 1.807) is 0 Å². The van der Waals surface area contributed by atoms with Gasteiger partial charge in [0.2, 0.25) is 0 Å². The number of ether oxygens (including phenoxy) is 1. The minimum absolute atomic E-state index is 0.244. The van der Waals surface area contributed by atoms with E-state index in [1.807, 2.05) is 0 Å². The Morgan fingerprint density at radius 3 is 1.94 bits per heavy atom. The molecule has 0 aromatic heterocycles. The van der Waals surface area contributed by atoms with Crippen LogP contribution in [-0.4, -0.2) is 6.10 Å². The van der Waals surface area contributed by atoms with E-state index >= 15 is 0 Å². The molecule has 0 heterocycles. The van der Waals surface area contributed by atoms with Crippen LogP contribution in [0.25, 0.3) is 0 Å². The van der Waals surface area contributed by atoms with E-state index in [2.05, 4.69) is 53.7 Å². The van der Waals surface area contributed by atoms with E-state index < -0.39 is 0 Å². The van der Waals surface area contributed by atoms with Crippen molar-refractivity contribution < 1.29 is 4.74 Å². The minimum Gasteiger partial charge on any atom is -0.491 e. The first kappa shape index (κ1) is 13.1. The third kappa shape index (κ3) is 3.01. The maximum atomic E-state index is 5.74. The van der Waals surface area contributed by atoms with Gasteiger partial charge in [-0.25, -0.2) is 0 Å². The molecule has 0 saturated heterocycles. The third-order valence-corrected chi connectivity index (χ3v) is 3.04. The molecule has 0 spiro atoms. The Labute approximate surface area is 99.8 Å². The fourth-order valence-electron chi connectivity index (χ4n) is 2.26. The predicted octanol–water partition coefficient (Wildman–Crippen LogP) is 4.60. The molecule has 0 amide bonds. The Morgan fingerprint density at radius 1 is 1.06 bits per heavy atom. The fraction of sp³-hybridized carbons (Fsp3) is 0.600. The van der Waals surface area contributed by atoms with Crippen molar-refractivity contribution in [3.05, 3.63) is 28.8 Å². The van der Waals surface area contributed by atoms with E-state index in [0.717, 1.165) is 5.75 Å². The average Bonchev–Trinajstić information content (AvgIpc) is 2.15. The van der Waals surface area contributed by atoms with Crippen molar-refractivity contribution in [2.24, 2.45) is 0 Å². The van der Waals surface area contributed by atoms with Gasteiger partial charge in [0.25, 0.3) is 0 Å². The molecule has 0 aliphatic rings. The summed E-state index contributed by atoms with van der Waals surface area (Å²) in [6, 6.07) is 4.32. The lowest BCUT2D eigenvalue weighted by Crippen LogP contribution is -2.07. The van der Waals surface area contributed by atoms with Crippen molar-refractivity contribution >= 4 is 0 Å². The molecule has 0 bridgehead atoms. The highest BCUT2D eigenvalue weighted by Gasteiger charge is 2.11. The van der Waals surface area contributed by atoms with E-state index in [-0.39, 0.29) is 6.10 Å². The molecule has 1 atom stereocenters. The molecule has 0 aliphatic heterocycles. The molecule has 1 heteroatoms. The summed E-state index contributed by atoms with van der Waals surface area (Å²) in [7, 11) is 0. The summed E-state index contributed by atoms with van der Waals surface area (Å²) in [5.41, 5.74) is 4.19. The van der Waals surface area contributed by atoms with Gasteiger partial charge in [-0.05, 0) is 68.9 Å². The van der Waals surface area contributed by atoms with Crippen molar-refractivity contribution in [3.63, 3.8) is 0 Å². The smallest absolute Gasteiger partial charge is 0.120 e. The van der Waals surface area contributed by atoms with Gasteiger partial charge in [-0.2, -0.15) is 0 Å². The highest BCUT2D eigenvalue weighted by molar-refractivity contribution is 5.42. The van der Waals surface area contributed by atoms with Crippen LogP contribution in [0.3, 0.4) is 0 Å². The molecule has 0 fully saturated rings. The topological polar surface area (TPSA) is 9.23 Å². The van der Waals surface area contributed by atoms with Crippen LogP contribution in [0.15, 0.2) is 12.1 Å². The maximum absolute atomic E-state index is 5.74. The lowest BCUT2D eigenvalue weighted by molar-refractivity contribution is 0.242. The zero-order chi connectivity index (χ0) is 12.3. The second-order valence-corrected chi connectivity index (χ2v) is 4.95. The Balaban J connectivity index is 3.07. The number of aryl methyl sites for hydroxylation is 2. The summed E-state index contributed by atoms with van der Waals surface area (Å²) < 4.78 is 5.74. The first-order valence-corrected chi connectivity index (χ1v) is 6.23. The molecule has 1 rings (SSSR count). The van der Waals surface area contributed by atoms with Crippen molar-refractivity contribution in [1.82, 2.24) is 0 Å². The van der Waals surface area contributed by atoms with Crippen LogP contribution in [0.5, 0.6) is 5.75 Å². The Hall–Kier alpha value is -0.980. The molecule has 0 radical (unpaired) electrons. The van der Waals surface area contributed by atoms with Gasteiger partial charge >= 0.3 is 0 Å². The second kappa shape index (κ2) is 5.38. The largest absolute Gasteiger partial charge is 0.491 e. The van der Waals surface area contributed by atoms with Gasteiger partial charge in [-0.3, -0.25) is 0 Å². The monoisotopic (exact) mass is 220 g/mol. The number of hydrogen-bond acceptors (Lipinski definition) is 1.